The van der Waals surface area contributed by atoms with Gasteiger partial charge in [0.25, 0.3) is 0 Å². The molecule has 2 heterocycles. The van der Waals surface area contributed by atoms with E-state index in [1.807, 2.05) is 67.0 Å². The number of hydrogen-bond donors (Lipinski definition) is 2. The Hall–Kier alpha value is -3.85. The van der Waals surface area contributed by atoms with Crippen molar-refractivity contribution in [2.75, 3.05) is 39.3 Å². The molecule has 1 aromatic heterocycles. The van der Waals surface area contributed by atoms with E-state index in [1.165, 1.54) is 0 Å². The quantitative estimate of drug-likeness (QED) is 0.303. The maximum absolute atomic E-state index is 14.3. The Morgan fingerprint density at radius 2 is 1.60 bits per heavy atom. The molecule has 3 amide bonds. The topological polar surface area (TPSA) is 91.7 Å². The maximum atomic E-state index is 14.3. The molecule has 0 radical (unpaired) electrons. The first kappa shape index (κ1) is 32.1. The Labute approximate surface area is 256 Å². The van der Waals surface area contributed by atoms with Gasteiger partial charge in [-0.05, 0) is 38.2 Å². The molecule has 2 aromatic carbocycles. The minimum Gasteiger partial charge on any atom is -0.444 e. The smallest absolute Gasteiger partial charge is 0.407 e. The summed E-state index contributed by atoms with van der Waals surface area (Å²) in [5.41, 5.74) is 2.16. The highest BCUT2D eigenvalue weighted by atomic mass is 16.6. The molecule has 2 N–H and O–H groups in total. The summed E-state index contributed by atoms with van der Waals surface area (Å²) < 4.78 is 7.62. The van der Waals surface area contributed by atoms with Crippen LogP contribution in [-0.4, -0.2) is 76.3 Å². The van der Waals surface area contributed by atoms with Crippen molar-refractivity contribution < 1.29 is 14.3 Å². The molecule has 43 heavy (non-hydrogen) atoms. The van der Waals surface area contributed by atoms with E-state index in [0.29, 0.717) is 39.1 Å². The summed E-state index contributed by atoms with van der Waals surface area (Å²) >= 11 is 0. The minimum atomic E-state index is -0.571. The van der Waals surface area contributed by atoms with E-state index < -0.39 is 11.7 Å². The molecule has 4 rings (SSSR count). The molecule has 0 bridgehead atoms. The van der Waals surface area contributed by atoms with Gasteiger partial charge in [-0.1, -0.05) is 81.4 Å². The number of piperazine rings is 1. The third-order valence-corrected chi connectivity index (χ3v) is 7.33. The van der Waals surface area contributed by atoms with Crippen LogP contribution in [0.5, 0.6) is 0 Å². The monoisotopic (exact) mass is 588 g/mol. The predicted octanol–water partition coefficient (Wildman–Crippen LogP) is 5.93. The van der Waals surface area contributed by atoms with Gasteiger partial charge in [-0.3, -0.25) is 0 Å². The fourth-order valence-corrected chi connectivity index (χ4v) is 5.42. The summed E-state index contributed by atoms with van der Waals surface area (Å²) in [6.07, 6.45) is 2.23. The Balaban J connectivity index is 1.70. The first-order chi connectivity index (χ1) is 20.4. The fraction of sp³-hybridized carbons (Fsp3) is 0.500. The summed E-state index contributed by atoms with van der Waals surface area (Å²) in [5, 5.41) is 6.21. The van der Waals surface area contributed by atoms with Crippen molar-refractivity contribution in [3.8, 4) is 11.3 Å². The molecule has 1 saturated heterocycles. The van der Waals surface area contributed by atoms with E-state index in [-0.39, 0.29) is 17.5 Å². The molecule has 0 aliphatic carbocycles. The highest BCUT2D eigenvalue weighted by Crippen LogP contribution is 2.39. The number of urea groups is 1. The van der Waals surface area contributed by atoms with E-state index in [2.05, 4.69) is 66.4 Å². The summed E-state index contributed by atoms with van der Waals surface area (Å²) in [4.78, 5) is 35.7. The van der Waals surface area contributed by atoms with Crippen LogP contribution in [0.3, 0.4) is 0 Å². The van der Waals surface area contributed by atoms with Gasteiger partial charge in [-0.2, -0.15) is 0 Å². The Morgan fingerprint density at radius 3 is 2.21 bits per heavy atom. The third-order valence-electron chi connectivity index (χ3n) is 7.33. The number of carbonyl (C=O) groups excluding carboxylic acids is 2. The van der Waals surface area contributed by atoms with Crippen LogP contribution in [0.25, 0.3) is 11.3 Å². The van der Waals surface area contributed by atoms with Crippen LogP contribution in [0.1, 0.15) is 65.4 Å². The van der Waals surface area contributed by atoms with Gasteiger partial charge in [0.2, 0.25) is 0 Å². The van der Waals surface area contributed by atoms with Crippen molar-refractivity contribution in [1.82, 2.24) is 30.0 Å². The first-order valence-electron chi connectivity index (χ1n) is 15.3. The summed E-state index contributed by atoms with van der Waals surface area (Å²) in [5.74, 6) is 0.846. The van der Waals surface area contributed by atoms with Crippen molar-refractivity contribution in [2.45, 2.75) is 66.2 Å². The highest BCUT2D eigenvalue weighted by Gasteiger charge is 2.40. The number of imidazole rings is 1. The molecule has 1 aliphatic rings. The second-order valence-corrected chi connectivity index (χ2v) is 13.2. The zero-order valence-electron chi connectivity index (χ0n) is 26.6. The minimum absolute atomic E-state index is 0.00536. The first-order valence-corrected chi connectivity index (χ1v) is 15.3. The van der Waals surface area contributed by atoms with E-state index in [9.17, 15) is 9.59 Å². The average molecular weight is 589 g/mol. The van der Waals surface area contributed by atoms with E-state index in [4.69, 9.17) is 9.72 Å². The van der Waals surface area contributed by atoms with E-state index in [0.717, 1.165) is 35.7 Å². The largest absolute Gasteiger partial charge is 0.444 e. The number of rotatable bonds is 9. The second-order valence-electron chi connectivity index (χ2n) is 13.2. The lowest BCUT2D eigenvalue weighted by atomic mass is 9.84. The van der Waals surface area contributed by atoms with Gasteiger partial charge in [-0.15, -0.1) is 0 Å². The zero-order chi connectivity index (χ0) is 31.0. The number of aromatic nitrogens is 2. The fourth-order valence-electron chi connectivity index (χ4n) is 5.42. The number of carbonyl (C=O) groups is 2. The van der Waals surface area contributed by atoms with Crippen LogP contribution >= 0.6 is 0 Å². The van der Waals surface area contributed by atoms with Gasteiger partial charge in [0, 0.05) is 57.6 Å². The standard InChI is InChI=1S/C34H48N6O3/c1-33(2,3)29(30-37-28(27-16-11-8-12-17-27)25-39(30)24-26-14-9-7-10-15-26)40(32(42)38-22-19-35-20-23-38)21-13-18-36-31(41)43-34(4,5)6/h7-12,14-17,25,29,35H,13,18-24H2,1-6H3,(H,36,41). The number of benzene rings is 2. The van der Waals surface area contributed by atoms with Gasteiger partial charge in [0.05, 0.1) is 11.7 Å². The van der Waals surface area contributed by atoms with Crippen LogP contribution < -0.4 is 10.6 Å². The number of alkyl carbamates (subject to hydrolysis) is 1. The Morgan fingerprint density at radius 1 is 0.977 bits per heavy atom. The van der Waals surface area contributed by atoms with Gasteiger partial charge in [0.1, 0.15) is 11.4 Å². The highest BCUT2D eigenvalue weighted by molar-refractivity contribution is 5.75. The SMILES string of the molecule is CC(C)(C)OC(=O)NCCCN(C(=O)N1CCNCC1)C(c1nc(-c2ccccc2)cn1Cc1ccccc1)C(C)(C)C. The molecular weight excluding hydrogens is 540 g/mol. The van der Waals surface area contributed by atoms with Crippen LogP contribution in [0.2, 0.25) is 0 Å². The van der Waals surface area contributed by atoms with Crippen molar-refractivity contribution in [3.63, 3.8) is 0 Å². The number of nitrogens with one attached hydrogen (secondary N) is 2. The number of nitrogens with zero attached hydrogens (tertiary/aromatic N) is 4. The van der Waals surface area contributed by atoms with E-state index >= 15 is 0 Å². The molecule has 1 unspecified atom stereocenters. The Kier molecular flexibility index (Phi) is 10.5. The third kappa shape index (κ3) is 9.07. The number of hydrogen-bond acceptors (Lipinski definition) is 5. The number of amides is 3. The normalized spacial score (nSPS) is 14.7. The van der Waals surface area contributed by atoms with Crippen LogP contribution in [0.4, 0.5) is 9.59 Å². The molecule has 1 aliphatic heterocycles. The summed E-state index contributed by atoms with van der Waals surface area (Å²) in [6, 6.07) is 20.2. The molecule has 9 nitrogen and oxygen atoms in total. The van der Waals surface area contributed by atoms with Crippen molar-refractivity contribution in [3.05, 3.63) is 78.2 Å². The lowest BCUT2D eigenvalue weighted by Gasteiger charge is -2.43. The van der Waals surface area contributed by atoms with Gasteiger partial charge in [0.15, 0.2) is 0 Å². The predicted molar refractivity (Wildman–Crippen MR) is 171 cm³/mol. The zero-order valence-corrected chi connectivity index (χ0v) is 26.6. The van der Waals surface area contributed by atoms with Crippen LogP contribution in [0.15, 0.2) is 66.9 Å². The summed E-state index contributed by atoms with van der Waals surface area (Å²) in [7, 11) is 0. The van der Waals surface area contributed by atoms with Gasteiger partial charge in [-0.25, -0.2) is 14.6 Å². The molecule has 3 aromatic rings. The molecule has 0 spiro atoms. The second kappa shape index (κ2) is 14.1. The lowest BCUT2D eigenvalue weighted by molar-refractivity contribution is 0.0520. The van der Waals surface area contributed by atoms with Gasteiger partial charge < -0.3 is 29.7 Å². The van der Waals surface area contributed by atoms with Gasteiger partial charge >= 0.3 is 12.1 Å². The number of ether oxygens (including phenoxy) is 1. The molecule has 0 saturated carbocycles. The molecule has 1 fully saturated rings. The average Bonchev–Trinajstić information content (AvgIpc) is 3.36. The molecule has 9 heteroatoms. The van der Waals surface area contributed by atoms with Crippen molar-refractivity contribution in [1.29, 1.82) is 0 Å². The Bertz CT molecular complexity index is 1320. The van der Waals surface area contributed by atoms with Crippen LogP contribution in [-0.2, 0) is 11.3 Å². The van der Waals surface area contributed by atoms with E-state index in [1.54, 1.807) is 0 Å². The van der Waals surface area contributed by atoms with Crippen molar-refractivity contribution >= 4 is 12.1 Å². The molecule has 232 valence electrons. The summed E-state index contributed by atoms with van der Waals surface area (Å²) in [6.45, 7) is 16.3. The lowest BCUT2D eigenvalue weighted by Crippen LogP contribution is -2.54. The molecular formula is C34H48N6O3. The van der Waals surface area contributed by atoms with Crippen LogP contribution in [0, 0.1) is 5.41 Å². The molecule has 1 atom stereocenters. The van der Waals surface area contributed by atoms with Crippen molar-refractivity contribution in [2.24, 2.45) is 5.41 Å². The maximum Gasteiger partial charge on any atom is 0.407 e.